The largest absolute Gasteiger partial charge is 0.371 e. The first-order valence-electron chi connectivity index (χ1n) is 10.3. The van der Waals surface area contributed by atoms with Crippen LogP contribution in [0.3, 0.4) is 0 Å². The van der Waals surface area contributed by atoms with Crippen LogP contribution in [0, 0.1) is 5.82 Å². The van der Waals surface area contributed by atoms with Gasteiger partial charge in [0, 0.05) is 34.7 Å². The molecule has 1 aliphatic heterocycles. The number of halogens is 2. The Bertz CT molecular complexity index is 1170. The maximum Gasteiger partial charge on any atom is 0.282 e. The fraction of sp³-hybridized carbons (Fsp3) is 0.348. The van der Waals surface area contributed by atoms with Crippen molar-refractivity contribution in [2.45, 2.75) is 39.0 Å². The Balaban J connectivity index is 1.76. The molecule has 1 aliphatic rings. The Morgan fingerprint density at radius 2 is 2.00 bits per heavy atom. The Morgan fingerprint density at radius 3 is 2.70 bits per heavy atom. The summed E-state index contributed by atoms with van der Waals surface area (Å²) in [6.45, 7) is 5.95. The highest BCUT2D eigenvalue weighted by atomic mass is 79.9. The summed E-state index contributed by atoms with van der Waals surface area (Å²) in [5.41, 5.74) is 1.60. The lowest BCUT2D eigenvalue weighted by Crippen LogP contribution is -2.23. The first kappa shape index (κ1) is 20.7. The van der Waals surface area contributed by atoms with Crippen LogP contribution in [0.5, 0.6) is 0 Å². The van der Waals surface area contributed by atoms with E-state index in [1.165, 1.54) is 10.9 Å². The third kappa shape index (κ3) is 4.03. The van der Waals surface area contributed by atoms with E-state index in [0.29, 0.717) is 22.3 Å². The molecule has 0 bridgehead atoms. The molecule has 1 fully saturated rings. The fourth-order valence-electron chi connectivity index (χ4n) is 3.69. The van der Waals surface area contributed by atoms with Crippen LogP contribution in [0.1, 0.15) is 50.4 Å². The van der Waals surface area contributed by atoms with E-state index < -0.39 is 0 Å². The van der Waals surface area contributed by atoms with Crippen LogP contribution in [0.25, 0.3) is 10.9 Å². The normalized spacial score (nSPS) is 15.4. The molecular weight excluding hydrogens is 447 g/mol. The fourth-order valence-corrected chi connectivity index (χ4v) is 4.05. The minimum absolute atomic E-state index is 0.0327. The summed E-state index contributed by atoms with van der Waals surface area (Å²) in [4.78, 5) is 20.0. The minimum atomic E-state index is -0.349. The summed E-state index contributed by atoms with van der Waals surface area (Å²) in [6.07, 6.45) is 4.49. The third-order valence-electron chi connectivity index (χ3n) is 5.65. The molecule has 4 rings (SSSR count). The van der Waals surface area contributed by atoms with Crippen LogP contribution < -0.4 is 10.5 Å². The Morgan fingerprint density at radius 1 is 1.23 bits per heavy atom. The van der Waals surface area contributed by atoms with Gasteiger partial charge in [-0.15, -0.1) is 0 Å². The molecule has 0 aliphatic carbocycles. The number of fused-ring (bicyclic) bond motifs is 1. The molecule has 3 aromatic rings. The smallest absolute Gasteiger partial charge is 0.282 e. The highest BCUT2D eigenvalue weighted by Gasteiger charge is 2.16. The average molecular weight is 471 g/mol. The topological polar surface area (TPSA) is 50.5 Å². The van der Waals surface area contributed by atoms with Crippen molar-refractivity contribution in [2.24, 2.45) is 5.10 Å². The van der Waals surface area contributed by atoms with Gasteiger partial charge in [-0.2, -0.15) is 9.78 Å². The SMILES string of the molecule is CC[C@H](C)c1nc2ccc(Br)cc2c(=O)n1N=Cc1ccc(N2CCCC2)cc1F. The zero-order chi connectivity index (χ0) is 21.3. The maximum atomic E-state index is 14.7. The molecular formula is C23H24BrFN4O. The second-order valence-corrected chi connectivity index (χ2v) is 8.62. The molecule has 0 unspecified atom stereocenters. The zero-order valence-electron chi connectivity index (χ0n) is 17.1. The van der Waals surface area contributed by atoms with Crippen molar-refractivity contribution in [2.75, 3.05) is 18.0 Å². The van der Waals surface area contributed by atoms with E-state index in [0.717, 1.165) is 42.5 Å². The van der Waals surface area contributed by atoms with Crippen molar-refractivity contribution < 1.29 is 4.39 Å². The molecule has 5 nitrogen and oxygen atoms in total. The molecule has 2 aromatic carbocycles. The Labute approximate surface area is 183 Å². The second-order valence-electron chi connectivity index (χ2n) is 7.70. The summed E-state index contributed by atoms with van der Waals surface area (Å²) in [5, 5.41) is 4.83. The minimum Gasteiger partial charge on any atom is -0.371 e. The van der Waals surface area contributed by atoms with E-state index in [1.807, 2.05) is 32.0 Å². The molecule has 0 spiro atoms. The summed E-state index contributed by atoms with van der Waals surface area (Å²) in [6, 6.07) is 10.6. The van der Waals surface area contributed by atoms with Gasteiger partial charge in [-0.05, 0) is 55.7 Å². The second kappa shape index (κ2) is 8.68. The number of nitrogens with zero attached hydrogens (tertiary/aromatic N) is 4. The van der Waals surface area contributed by atoms with Crippen LogP contribution >= 0.6 is 15.9 Å². The van der Waals surface area contributed by atoms with Crippen LogP contribution in [0.4, 0.5) is 10.1 Å². The first-order valence-corrected chi connectivity index (χ1v) is 11.1. The van der Waals surface area contributed by atoms with E-state index in [2.05, 4.69) is 30.9 Å². The molecule has 0 radical (unpaired) electrons. The van der Waals surface area contributed by atoms with Crippen molar-refractivity contribution in [3.05, 3.63) is 68.4 Å². The van der Waals surface area contributed by atoms with E-state index in [4.69, 9.17) is 0 Å². The number of aromatic nitrogens is 2. The van der Waals surface area contributed by atoms with Gasteiger partial charge >= 0.3 is 0 Å². The third-order valence-corrected chi connectivity index (χ3v) is 6.15. The summed E-state index contributed by atoms with van der Waals surface area (Å²) in [5.74, 6) is 0.255. The van der Waals surface area contributed by atoms with E-state index in [1.54, 1.807) is 18.2 Å². The highest BCUT2D eigenvalue weighted by molar-refractivity contribution is 9.10. The predicted octanol–water partition coefficient (Wildman–Crippen LogP) is 5.29. The molecule has 1 saturated heterocycles. The lowest BCUT2D eigenvalue weighted by Gasteiger charge is -2.17. The average Bonchev–Trinajstić information content (AvgIpc) is 3.28. The summed E-state index contributed by atoms with van der Waals surface area (Å²) < 4.78 is 16.8. The van der Waals surface area contributed by atoms with Gasteiger partial charge in [0.25, 0.3) is 5.56 Å². The zero-order valence-corrected chi connectivity index (χ0v) is 18.7. The van der Waals surface area contributed by atoms with Crippen LogP contribution in [-0.4, -0.2) is 29.0 Å². The van der Waals surface area contributed by atoms with Gasteiger partial charge in [0.1, 0.15) is 11.6 Å². The van der Waals surface area contributed by atoms with Gasteiger partial charge in [0.2, 0.25) is 0 Å². The molecule has 0 N–H and O–H groups in total. The van der Waals surface area contributed by atoms with Crippen molar-refractivity contribution in [3.63, 3.8) is 0 Å². The molecule has 2 heterocycles. The quantitative estimate of drug-likeness (QED) is 0.475. The molecule has 0 saturated carbocycles. The van der Waals surface area contributed by atoms with Crippen LogP contribution in [0.15, 0.2) is 50.8 Å². The first-order chi connectivity index (χ1) is 14.5. The molecule has 7 heteroatoms. The van der Waals surface area contributed by atoms with E-state index in [9.17, 15) is 9.18 Å². The molecule has 0 amide bonds. The monoisotopic (exact) mass is 470 g/mol. The van der Waals surface area contributed by atoms with Crippen molar-refractivity contribution >= 4 is 38.7 Å². The molecule has 1 atom stereocenters. The lowest BCUT2D eigenvalue weighted by molar-refractivity contribution is 0.611. The van der Waals surface area contributed by atoms with Gasteiger partial charge in [-0.3, -0.25) is 4.79 Å². The van der Waals surface area contributed by atoms with E-state index in [-0.39, 0.29) is 17.3 Å². The molecule has 1 aromatic heterocycles. The number of hydrogen-bond donors (Lipinski definition) is 0. The summed E-state index contributed by atoms with van der Waals surface area (Å²) in [7, 11) is 0. The van der Waals surface area contributed by atoms with E-state index >= 15 is 0 Å². The Kier molecular flexibility index (Phi) is 5.99. The predicted molar refractivity (Wildman–Crippen MR) is 123 cm³/mol. The standard InChI is InChI=1S/C23H24BrFN4O/c1-3-15(2)22-27-21-9-7-17(24)12-19(21)23(30)29(22)26-14-16-6-8-18(13-20(16)25)28-10-4-5-11-28/h6-9,12-15H,3-5,10-11H2,1-2H3/t15-/m0/s1. The molecule has 156 valence electrons. The Hall–Kier alpha value is -2.54. The number of hydrogen-bond acceptors (Lipinski definition) is 4. The van der Waals surface area contributed by atoms with Gasteiger partial charge in [0.05, 0.1) is 17.1 Å². The number of anilines is 1. The highest BCUT2D eigenvalue weighted by Crippen LogP contribution is 2.23. The van der Waals surface area contributed by atoms with Crippen molar-refractivity contribution in [1.82, 2.24) is 9.66 Å². The van der Waals surface area contributed by atoms with Crippen LogP contribution in [0.2, 0.25) is 0 Å². The summed E-state index contributed by atoms with van der Waals surface area (Å²) >= 11 is 3.40. The van der Waals surface area contributed by atoms with Crippen molar-refractivity contribution in [1.29, 1.82) is 0 Å². The van der Waals surface area contributed by atoms with Gasteiger partial charge in [-0.25, -0.2) is 9.37 Å². The van der Waals surface area contributed by atoms with Gasteiger partial charge in [0.15, 0.2) is 0 Å². The van der Waals surface area contributed by atoms with Crippen LogP contribution in [-0.2, 0) is 0 Å². The van der Waals surface area contributed by atoms with Gasteiger partial charge in [-0.1, -0.05) is 29.8 Å². The number of benzene rings is 2. The maximum absolute atomic E-state index is 14.7. The lowest BCUT2D eigenvalue weighted by atomic mass is 10.1. The number of rotatable bonds is 5. The molecule has 30 heavy (non-hydrogen) atoms. The van der Waals surface area contributed by atoms with Gasteiger partial charge < -0.3 is 4.90 Å². The van der Waals surface area contributed by atoms with Crippen molar-refractivity contribution in [3.8, 4) is 0 Å².